The Kier molecular flexibility index (Phi) is 3.72. The first-order valence-corrected chi connectivity index (χ1v) is 8.63. The molecule has 0 aromatic carbocycles. The summed E-state index contributed by atoms with van der Waals surface area (Å²) in [6.07, 6.45) is 0. The summed E-state index contributed by atoms with van der Waals surface area (Å²) in [5.41, 5.74) is 0. The Morgan fingerprint density at radius 2 is 1.67 bits per heavy atom. The van der Waals surface area contributed by atoms with E-state index >= 15 is 0 Å². The quantitative estimate of drug-likeness (QED) is 0.459. The van der Waals surface area contributed by atoms with Crippen LogP contribution in [0.4, 0.5) is 0 Å². The van der Waals surface area contributed by atoms with Gasteiger partial charge in [-0.3, -0.25) is 0 Å². The minimum Gasteiger partial charge on any atom is -0.141 e. The second kappa shape index (κ2) is 5.16. The molecule has 0 aliphatic carbocycles. The molecular weight excluding hydrogens is 347 g/mol. The average molecular weight is 352 g/mol. The van der Waals surface area contributed by atoms with E-state index < -0.39 is 0 Å². The molecule has 6 heteroatoms. The van der Waals surface area contributed by atoms with Gasteiger partial charge in [-0.1, -0.05) is 34.8 Å². The monoisotopic (exact) mass is 350 g/mol. The van der Waals surface area contributed by atoms with E-state index in [-0.39, 0.29) is 0 Å². The van der Waals surface area contributed by atoms with Crippen molar-refractivity contribution in [1.82, 2.24) is 0 Å². The highest BCUT2D eigenvalue weighted by atomic mass is 35.5. The lowest BCUT2D eigenvalue weighted by molar-refractivity contribution is 1.90. The normalized spacial score (nSPS) is 11.1. The van der Waals surface area contributed by atoms with Crippen molar-refractivity contribution in [3.8, 4) is 19.5 Å². The fraction of sp³-hybridized carbons (Fsp3) is 0. The molecule has 0 saturated carbocycles. The van der Waals surface area contributed by atoms with E-state index in [9.17, 15) is 0 Å². The fourth-order valence-corrected chi connectivity index (χ4v) is 5.60. The van der Waals surface area contributed by atoms with Crippen LogP contribution in [-0.4, -0.2) is 0 Å². The zero-order valence-electron chi connectivity index (χ0n) is 8.75. The van der Waals surface area contributed by atoms with Gasteiger partial charge in [-0.2, -0.15) is 0 Å². The fourth-order valence-electron chi connectivity index (χ4n) is 1.55. The predicted molar refractivity (Wildman–Crippen MR) is 86.0 cm³/mol. The number of rotatable bonds is 2. The minimum atomic E-state index is 0.746. The molecule has 0 radical (unpaired) electrons. The zero-order chi connectivity index (χ0) is 12.7. The third-order valence-electron chi connectivity index (χ3n) is 2.32. The summed E-state index contributed by atoms with van der Waals surface area (Å²) in [4.78, 5) is 4.30. The largest absolute Gasteiger partial charge is 0.141 e. The van der Waals surface area contributed by atoms with Crippen LogP contribution in [0.5, 0.6) is 0 Å². The maximum Gasteiger partial charge on any atom is 0.0636 e. The summed E-state index contributed by atoms with van der Waals surface area (Å²) in [5.74, 6) is 0. The Morgan fingerprint density at radius 1 is 0.833 bits per heavy atom. The van der Waals surface area contributed by atoms with Crippen LogP contribution in [0, 0.1) is 0 Å². The van der Waals surface area contributed by atoms with E-state index in [1.165, 1.54) is 0 Å². The van der Waals surface area contributed by atoms with Crippen LogP contribution in [-0.2, 0) is 0 Å². The van der Waals surface area contributed by atoms with E-state index in [1.807, 2.05) is 29.0 Å². The van der Waals surface area contributed by atoms with Crippen molar-refractivity contribution in [3.05, 3.63) is 44.0 Å². The first kappa shape index (κ1) is 13.0. The molecule has 0 fully saturated rings. The lowest BCUT2D eigenvalue weighted by Crippen LogP contribution is -1.61. The van der Waals surface area contributed by atoms with Gasteiger partial charge in [0, 0.05) is 15.1 Å². The molecule has 0 bridgehead atoms. The molecule has 0 unspecified atom stereocenters. The SMILES string of the molecule is Clc1csc(-c2sc(-c3sccc3Cl)cc2Cl)c1. The van der Waals surface area contributed by atoms with Crippen LogP contribution in [0.15, 0.2) is 29.0 Å². The Balaban J connectivity index is 2.09. The third kappa shape index (κ3) is 2.36. The van der Waals surface area contributed by atoms with Gasteiger partial charge in [0.05, 0.1) is 24.8 Å². The first-order valence-electron chi connectivity index (χ1n) is 4.92. The number of halogens is 3. The van der Waals surface area contributed by atoms with Gasteiger partial charge in [-0.05, 0) is 23.6 Å². The van der Waals surface area contributed by atoms with Crippen molar-refractivity contribution in [2.24, 2.45) is 0 Å². The van der Waals surface area contributed by atoms with E-state index in [0.717, 1.165) is 34.6 Å². The molecule has 3 heterocycles. The molecule has 0 saturated heterocycles. The molecular formula is C12H5Cl3S3. The van der Waals surface area contributed by atoms with Gasteiger partial charge < -0.3 is 0 Å². The minimum absolute atomic E-state index is 0.746. The summed E-state index contributed by atoms with van der Waals surface area (Å²) >= 11 is 23.2. The highest BCUT2D eigenvalue weighted by molar-refractivity contribution is 7.26. The molecule has 0 atom stereocenters. The van der Waals surface area contributed by atoms with Crippen molar-refractivity contribution in [2.75, 3.05) is 0 Å². The van der Waals surface area contributed by atoms with Crippen molar-refractivity contribution in [2.45, 2.75) is 0 Å². The molecule has 0 N–H and O–H groups in total. The third-order valence-corrected chi connectivity index (χ3v) is 6.84. The van der Waals surface area contributed by atoms with E-state index in [4.69, 9.17) is 34.8 Å². The Morgan fingerprint density at radius 3 is 2.28 bits per heavy atom. The van der Waals surface area contributed by atoms with E-state index in [1.54, 1.807) is 34.0 Å². The average Bonchev–Trinajstić information content (AvgIpc) is 2.99. The van der Waals surface area contributed by atoms with E-state index in [0.29, 0.717) is 0 Å². The molecule has 0 aliphatic heterocycles. The highest BCUT2D eigenvalue weighted by Crippen LogP contribution is 2.46. The molecule has 0 nitrogen and oxygen atoms in total. The lowest BCUT2D eigenvalue weighted by atomic mass is 10.3. The number of hydrogen-bond donors (Lipinski definition) is 0. The Labute approximate surface area is 131 Å². The van der Waals surface area contributed by atoms with Gasteiger partial charge >= 0.3 is 0 Å². The topological polar surface area (TPSA) is 0 Å². The standard InChI is InChI=1S/C12H5Cl3S3/c13-6-3-9(17-5-6)12-8(15)4-10(18-12)11-7(14)1-2-16-11/h1-5H. The molecule has 3 aromatic heterocycles. The van der Waals surface area contributed by atoms with Crippen LogP contribution in [0.2, 0.25) is 15.1 Å². The second-order valence-corrected chi connectivity index (χ2v) is 7.64. The summed E-state index contributed by atoms with van der Waals surface area (Å²) in [6, 6.07) is 5.80. The zero-order valence-corrected chi connectivity index (χ0v) is 13.5. The molecule has 3 rings (SSSR count). The maximum absolute atomic E-state index is 6.29. The van der Waals surface area contributed by atoms with Crippen molar-refractivity contribution >= 4 is 68.8 Å². The highest BCUT2D eigenvalue weighted by Gasteiger charge is 2.15. The summed E-state index contributed by atoms with van der Waals surface area (Å²) < 4.78 is 0. The van der Waals surface area contributed by atoms with Gasteiger partial charge in [0.1, 0.15) is 0 Å². The molecule has 3 aromatic rings. The van der Waals surface area contributed by atoms with Gasteiger partial charge in [0.25, 0.3) is 0 Å². The maximum atomic E-state index is 6.29. The van der Waals surface area contributed by atoms with Crippen molar-refractivity contribution in [1.29, 1.82) is 0 Å². The number of hydrogen-bond acceptors (Lipinski definition) is 3. The van der Waals surface area contributed by atoms with Crippen LogP contribution >= 0.6 is 68.8 Å². The summed E-state index contributed by atoms with van der Waals surface area (Å²) in [5, 5.41) is 6.15. The van der Waals surface area contributed by atoms with Crippen LogP contribution in [0.25, 0.3) is 19.5 Å². The van der Waals surface area contributed by atoms with E-state index in [2.05, 4.69) is 0 Å². The summed E-state index contributed by atoms with van der Waals surface area (Å²) in [6.45, 7) is 0. The van der Waals surface area contributed by atoms with Crippen LogP contribution in [0.1, 0.15) is 0 Å². The molecule has 0 aliphatic rings. The Hall–Kier alpha value is -0.0300. The van der Waals surface area contributed by atoms with Gasteiger partial charge in [-0.15, -0.1) is 34.0 Å². The molecule has 0 amide bonds. The van der Waals surface area contributed by atoms with Gasteiger partial charge in [0.15, 0.2) is 0 Å². The van der Waals surface area contributed by atoms with Crippen LogP contribution < -0.4 is 0 Å². The lowest BCUT2D eigenvalue weighted by Gasteiger charge is -1.92. The molecule has 92 valence electrons. The van der Waals surface area contributed by atoms with Gasteiger partial charge in [-0.25, -0.2) is 0 Å². The van der Waals surface area contributed by atoms with Crippen molar-refractivity contribution in [3.63, 3.8) is 0 Å². The molecule has 18 heavy (non-hydrogen) atoms. The summed E-state index contributed by atoms with van der Waals surface area (Å²) in [7, 11) is 0. The van der Waals surface area contributed by atoms with Crippen molar-refractivity contribution < 1.29 is 0 Å². The predicted octanol–water partition coefficient (Wildman–Crippen LogP) is 7.17. The van der Waals surface area contributed by atoms with Crippen LogP contribution in [0.3, 0.4) is 0 Å². The van der Waals surface area contributed by atoms with Gasteiger partial charge in [0.2, 0.25) is 0 Å². The Bertz CT molecular complexity index is 693. The first-order chi connectivity index (χ1) is 8.65. The number of thiophene rings is 3. The second-order valence-electron chi connectivity index (χ2n) is 3.51. The molecule has 0 spiro atoms. The smallest absolute Gasteiger partial charge is 0.0636 e.